The van der Waals surface area contributed by atoms with Gasteiger partial charge in [0.25, 0.3) is 5.91 Å². The van der Waals surface area contributed by atoms with Crippen molar-refractivity contribution in [3.8, 4) is 5.75 Å². The Balaban J connectivity index is 1.84. The summed E-state index contributed by atoms with van der Waals surface area (Å²) in [4.78, 5) is 20.3. The highest BCUT2D eigenvalue weighted by Gasteiger charge is 2.16. The van der Waals surface area contributed by atoms with Crippen LogP contribution in [0.4, 0.5) is 0 Å². The molecule has 3 aromatic rings. The molecular formula is C16H11Cl2N3O2. The first-order valence-electron chi connectivity index (χ1n) is 6.71. The fourth-order valence-corrected chi connectivity index (χ4v) is 2.52. The summed E-state index contributed by atoms with van der Waals surface area (Å²) >= 11 is 12.0. The molecule has 2 N–H and O–H groups in total. The molecule has 0 atom stereocenters. The van der Waals surface area contributed by atoms with Crippen LogP contribution in [-0.2, 0) is 6.54 Å². The third kappa shape index (κ3) is 3.06. The lowest BCUT2D eigenvalue weighted by Gasteiger charge is -2.09. The molecule has 1 aromatic carbocycles. The first-order valence-corrected chi connectivity index (χ1v) is 7.47. The molecule has 0 saturated carbocycles. The number of aromatic nitrogens is 2. The average Bonchev–Trinajstić information content (AvgIpc) is 2.56. The number of benzene rings is 1. The Labute approximate surface area is 141 Å². The van der Waals surface area contributed by atoms with Gasteiger partial charge in [0.2, 0.25) is 0 Å². The fraction of sp³-hybridized carbons (Fsp3) is 0.0625. The quantitative estimate of drug-likeness (QED) is 0.759. The van der Waals surface area contributed by atoms with Gasteiger partial charge in [0, 0.05) is 24.3 Å². The third-order valence-corrected chi connectivity index (χ3v) is 4.16. The highest BCUT2D eigenvalue weighted by Crippen LogP contribution is 2.26. The smallest absolute Gasteiger partial charge is 0.274 e. The molecule has 5 nitrogen and oxygen atoms in total. The van der Waals surface area contributed by atoms with E-state index in [1.807, 2.05) is 0 Å². The first kappa shape index (κ1) is 15.5. The lowest BCUT2D eigenvalue weighted by atomic mass is 10.2. The number of carbonyl (C=O) groups excluding carboxylic acids is 1. The van der Waals surface area contributed by atoms with Crippen molar-refractivity contribution in [3.63, 3.8) is 0 Å². The van der Waals surface area contributed by atoms with Crippen molar-refractivity contribution in [2.75, 3.05) is 0 Å². The molecule has 2 heterocycles. The van der Waals surface area contributed by atoms with Crippen LogP contribution in [0.25, 0.3) is 10.9 Å². The maximum atomic E-state index is 12.2. The monoisotopic (exact) mass is 347 g/mol. The highest BCUT2D eigenvalue weighted by atomic mass is 35.5. The van der Waals surface area contributed by atoms with Crippen LogP contribution in [0.15, 0.2) is 42.7 Å². The summed E-state index contributed by atoms with van der Waals surface area (Å²) in [6.45, 7) is 0.166. The van der Waals surface area contributed by atoms with Gasteiger partial charge in [0.1, 0.15) is 5.52 Å². The van der Waals surface area contributed by atoms with Crippen LogP contribution in [0.3, 0.4) is 0 Å². The van der Waals surface area contributed by atoms with Crippen LogP contribution in [0, 0.1) is 0 Å². The normalized spacial score (nSPS) is 10.7. The zero-order chi connectivity index (χ0) is 16.4. The summed E-state index contributed by atoms with van der Waals surface area (Å²) in [5.74, 6) is -0.774. The van der Waals surface area contributed by atoms with Gasteiger partial charge in [-0.25, -0.2) is 4.98 Å². The second kappa shape index (κ2) is 6.40. The van der Waals surface area contributed by atoms with Gasteiger partial charge in [-0.2, -0.15) is 0 Å². The van der Waals surface area contributed by atoms with Gasteiger partial charge in [0.05, 0.1) is 10.0 Å². The van der Waals surface area contributed by atoms with Gasteiger partial charge in [0.15, 0.2) is 11.4 Å². The minimum absolute atomic E-state index is 0.0886. The van der Waals surface area contributed by atoms with E-state index in [2.05, 4.69) is 15.3 Å². The molecule has 0 aliphatic rings. The Bertz CT molecular complexity index is 900. The van der Waals surface area contributed by atoms with Crippen molar-refractivity contribution >= 4 is 40.0 Å². The number of nitrogens with one attached hydrogen (secondary N) is 1. The number of carbonyl (C=O) groups is 1. The molecule has 0 aliphatic heterocycles. The number of amides is 1. The van der Waals surface area contributed by atoms with Crippen LogP contribution in [-0.4, -0.2) is 21.0 Å². The van der Waals surface area contributed by atoms with Crippen molar-refractivity contribution in [2.24, 2.45) is 0 Å². The van der Waals surface area contributed by atoms with E-state index in [1.54, 1.807) is 30.3 Å². The zero-order valence-electron chi connectivity index (χ0n) is 11.8. The summed E-state index contributed by atoms with van der Waals surface area (Å²) < 4.78 is 0. The molecule has 2 aromatic heterocycles. The predicted octanol–water partition coefficient (Wildman–Crippen LogP) is 3.57. The lowest BCUT2D eigenvalue weighted by molar-refractivity contribution is 0.0943. The van der Waals surface area contributed by atoms with Crippen LogP contribution in [0.1, 0.15) is 16.1 Å². The van der Waals surface area contributed by atoms with Gasteiger partial charge in [-0.05, 0) is 23.8 Å². The van der Waals surface area contributed by atoms with Crippen LogP contribution < -0.4 is 5.32 Å². The summed E-state index contributed by atoms with van der Waals surface area (Å²) in [6, 6.07) is 8.64. The van der Waals surface area contributed by atoms with Crippen LogP contribution in [0.5, 0.6) is 5.75 Å². The standard InChI is InChI=1S/C16H11Cl2N3O2/c17-11-5-1-3-9(12(11)18)7-21-16(23)14-15(22)13-10(8-20-14)4-2-6-19-13/h1-6,8,22H,7H2,(H,21,23). The molecule has 0 unspecified atom stereocenters. The number of fused-ring (bicyclic) bond motifs is 1. The number of nitrogens with zero attached hydrogens (tertiary/aromatic N) is 2. The molecule has 0 fully saturated rings. The predicted molar refractivity (Wildman–Crippen MR) is 88.8 cm³/mol. The number of halogens is 2. The Morgan fingerprint density at radius 2 is 2.00 bits per heavy atom. The highest BCUT2D eigenvalue weighted by molar-refractivity contribution is 6.42. The summed E-state index contributed by atoms with van der Waals surface area (Å²) in [5, 5.41) is 14.3. The number of rotatable bonds is 3. The van der Waals surface area contributed by atoms with Crippen molar-refractivity contribution in [2.45, 2.75) is 6.54 Å². The van der Waals surface area contributed by atoms with Crippen molar-refractivity contribution in [3.05, 3.63) is 64.0 Å². The second-order valence-corrected chi connectivity index (χ2v) is 5.58. The molecule has 7 heteroatoms. The molecule has 0 saturated heterocycles. The van der Waals surface area contributed by atoms with Crippen molar-refractivity contribution in [1.29, 1.82) is 0 Å². The Morgan fingerprint density at radius 3 is 2.83 bits per heavy atom. The van der Waals surface area contributed by atoms with E-state index in [0.29, 0.717) is 26.5 Å². The number of hydrogen-bond acceptors (Lipinski definition) is 4. The molecule has 0 bridgehead atoms. The first-order chi connectivity index (χ1) is 11.1. The van der Waals surface area contributed by atoms with E-state index in [9.17, 15) is 9.90 Å². The fourth-order valence-electron chi connectivity index (χ4n) is 2.14. The van der Waals surface area contributed by atoms with E-state index in [1.165, 1.54) is 12.4 Å². The van der Waals surface area contributed by atoms with E-state index < -0.39 is 5.91 Å². The number of hydrogen-bond donors (Lipinski definition) is 2. The molecule has 0 radical (unpaired) electrons. The molecule has 0 aliphatic carbocycles. The molecule has 23 heavy (non-hydrogen) atoms. The lowest BCUT2D eigenvalue weighted by Crippen LogP contribution is -2.24. The number of aromatic hydroxyl groups is 1. The molecule has 0 spiro atoms. The number of pyridine rings is 2. The van der Waals surface area contributed by atoms with Gasteiger partial charge >= 0.3 is 0 Å². The van der Waals surface area contributed by atoms with Crippen molar-refractivity contribution < 1.29 is 9.90 Å². The minimum Gasteiger partial charge on any atom is -0.504 e. The Morgan fingerprint density at radius 1 is 1.17 bits per heavy atom. The van der Waals surface area contributed by atoms with Crippen molar-refractivity contribution in [1.82, 2.24) is 15.3 Å². The van der Waals surface area contributed by atoms with Gasteiger partial charge in [-0.3, -0.25) is 9.78 Å². The average molecular weight is 348 g/mol. The van der Waals surface area contributed by atoms with E-state index in [0.717, 1.165) is 0 Å². The van der Waals surface area contributed by atoms with Crippen LogP contribution >= 0.6 is 23.2 Å². The molecular weight excluding hydrogens is 337 g/mol. The molecule has 1 amide bonds. The van der Waals surface area contributed by atoms with Gasteiger partial charge in [-0.15, -0.1) is 0 Å². The Kier molecular flexibility index (Phi) is 4.32. The topological polar surface area (TPSA) is 75.1 Å². The van der Waals surface area contributed by atoms with Crippen LogP contribution in [0.2, 0.25) is 10.0 Å². The molecule has 3 rings (SSSR count). The van der Waals surface area contributed by atoms with E-state index in [-0.39, 0.29) is 18.0 Å². The SMILES string of the molecule is O=C(NCc1cccc(Cl)c1Cl)c1ncc2cccnc2c1O. The maximum absolute atomic E-state index is 12.2. The summed E-state index contributed by atoms with van der Waals surface area (Å²) in [6.07, 6.45) is 3.03. The van der Waals surface area contributed by atoms with E-state index in [4.69, 9.17) is 23.2 Å². The summed E-state index contributed by atoms with van der Waals surface area (Å²) in [5.41, 5.74) is 0.911. The van der Waals surface area contributed by atoms with Gasteiger partial charge < -0.3 is 10.4 Å². The minimum atomic E-state index is -0.522. The molecule has 116 valence electrons. The van der Waals surface area contributed by atoms with E-state index >= 15 is 0 Å². The largest absolute Gasteiger partial charge is 0.504 e. The zero-order valence-corrected chi connectivity index (χ0v) is 13.3. The van der Waals surface area contributed by atoms with Gasteiger partial charge in [-0.1, -0.05) is 35.3 Å². The third-order valence-electron chi connectivity index (χ3n) is 3.31. The second-order valence-electron chi connectivity index (χ2n) is 4.79. The Hall–Kier alpha value is -2.37. The summed E-state index contributed by atoms with van der Waals surface area (Å²) in [7, 11) is 0. The maximum Gasteiger partial charge on any atom is 0.274 e.